The van der Waals surface area contributed by atoms with Crippen LogP contribution in [0.3, 0.4) is 0 Å². The van der Waals surface area contributed by atoms with Gasteiger partial charge in [-0.05, 0) is 17.7 Å². The van der Waals surface area contributed by atoms with Gasteiger partial charge in [0.25, 0.3) is 0 Å². The summed E-state index contributed by atoms with van der Waals surface area (Å²) in [5.41, 5.74) is 5.02. The van der Waals surface area contributed by atoms with Crippen molar-refractivity contribution in [2.24, 2.45) is 5.84 Å². The molecule has 3 N–H and O–H groups in total. The van der Waals surface area contributed by atoms with Gasteiger partial charge in [-0.3, -0.25) is 5.84 Å². The molecule has 88 valence electrons. The van der Waals surface area contributed by atoms with E-state index >= 15 is 0 Å². The Morgan fingerprint density at radius 3 is 2.88 bits per heavy atom. The summed E-state index contributed by atoms with van der Waals surface area (Å²) in [6.45, 7) is 0. The summed E-state index contributed by atoms with van der Waals surface area (Å²) >= 11 is 0. The van der Waals surface area contributed by atoms with Crippen molar-refractivity contribution < 1.29 is 9.15 Å². The van der Waals surface area contributed by atoms with Crippen LogP contribution in [0.4, 0.5) is 0 Å². The largest absolute Gasteiger partial charge is 0.488 e. The first-order valence-corrected chi connectivity index (χ1v) is 5.61. The predicted molar refractivity (Wildman–Crippen MR) is 63.3 cm³/mol. The van der Waals surface area contributed by atoms with E-state index in [1.807, 2.05) is 24.3 Å². The first-order valence-electron chi connectivity index (χ1n) is 5.61. The summed E-state index contributed by atoms with van der Waals surface area (Å²) in [7, 11) is 0. The van der Waals surface area contributed by atoms with Gasteiger partial charge in [-0.25, -0.2) is 5.43 Å². The second kappa shape index (κ2) is 4.24. The highest BCUT2D eigenvalue weighted by Gasteiger charge is 2.31. The maximum atomic E-state index is 5.90. The molecule has 3 rings (SSSR count). The van der Waals surface area contributed by atoms with Gasteiger partial charge >= 0.3 is 0 Å². The van der Waals surface area contributed by atoms with Gasteiger partial charge < -0.3 is 9.15 Å². The molecule has 4 nitrogen and oxygen atoms in total. The summed E-state index contributed by atoms with van der Waals surface area (Å²) in [6, 6.07) is 9.91. The van der Waals surface area contributed by atoms with Crippen LogP contribution in [-0.2, 0) is 6.42 Å². The number of hydrazine groups is 1. The van der Waals surface area contributed by atoms with Crippen molar-refractivity contribution in [1.29, 1.82) is 0 Å². The average molecular weight is 230 g/mol. The third-order valence-electron chi connectivity index (χ3n) is 3.13. The van der Waals surface area contributed by atoms with Crippen molar-refractivity contribution in [2.75, 3.05) is 0 Å². The lowest BCUT2D eigenvalue weighted by Crippen LogP contribution is -2.38. The fourth-order valence-electron chi connectivity index (χ4n) is 2.26. The Labute approximate surface area is 99.3 Å². The van der Waals surface area contributed by atoms with Gasteiger partial charge in [-0.2, -0.15) is 0 Å². The molecule has 1 aromatic carbocycles. The van der Waals surface area contributed by atoms with Gasteiger partial charge in [0.2, 0.25) is 0 Å². The maximum absolute atomic E-state index is 5.90. The molecule has 0 spiro atoms. The van der Waals surface area contributed by atoms with Crippen molar-refractivity contribution in [3.63, 3.8) is 0 Å². The van der Waals surface area contributed by atoms with Gasteiger partial charge in [0.05, 0.1) is 18.6 Å². The van der Waals surface area contributed by atoms with Gasteiger partial charge in [0.15, 0.2) is 0 Å². The zero-order chi connectivity index (χ0) is 11.7. The van der Waals surface area contributed by atoms with Crippen LogP contribution in [0.15, 0.2) is 47.3 Å². The topological polar surface area (TPSA) is 60.4 Å². The molecule has 0 radical (unpaired) electrons. The second-order valence-corrected chi connectivity index (χ2v) is 4.17. The Bertz CT molecular complexity index is 471. The molecule has 0 aliphatic carbocycles. The van der Waals surface area contributed by atoms with E-state index in [1.165, 1.54) is 5.56 Å². The van der Waals surface area contributed by atoms with Crippen molar-refractivity contribution in [3.05, 3.63) is 54.0 Å². The third-order valence-corrected chi connectivity index (χ3v) is 3.13. The van der Waals surface area contributed by atoms with Crippen LogP contribution in [0, 0.1) is 0 Å². The number of rotatable bonds is 3. The number of hydrogen-bond acceptors (Lipinski definition) is 4. The van der Waals surface area contributed by atoms with E-state index in [0.717, 1.165) is 17.7 Å². The van der Waals surface area contributed by atoms with Crippen LogP contribution in [0.5, 0.6) is 5.75 Å². The van der Waals surface area contributed by atoms with Crippen molar-refractivity contribution >= 4 is 0 Å². The predicted octanol–water partition coefficient (Wildman–Crippen LogP) is 1.79. The second-order valence-electron chi connectivity index (χ2n) is 4.17. The number of benzene rings is 1. The highest BCUT2D eigenvalue weighted by Crippen LogP contribution is 2.33. The number of hydrogen-bond donors (Lipinski definition) is 2. The molecule has 2 aromatic rings. The molecular formula is C13H14N2O2. The van der Waals surface area contributed by atoms with E-state index in [-0.39, 0.29) is 12.1 Å². The molecule has 0 amide bonds. The SMILES string of the molecule is NNC(c1ccoc1)C1Cc2ccccc2O1. The van der Waals surface area contributed by atoms with Gasteiger partial charge in [0, 0.05) is 12.0 Å². The van der Waals surface area contributed by atoms with Crippen LogP contribution >= 0.6 is 0 Å². The van der Waals surface area contributed by atoms with E-state index in [2.05, 4.69) is 11.5 Å². The monoisotopic (exact) mass is 230 g/mol. The van der Waals surface area contributed by atoms with Crippen molar-refractivity contribution in [1.82, 2.24) is 5.43 Å². The first-order chi connectivity index (χ1) is 8.38. The van der Waals surface area contributed by atoms with Crippen LogP contribution in [0.1, 0.15) is 17.2 Å². The van der Waals surface area contributed by atoms with Crippen LogP contribution in [0.2, 0.25) is 0 Å². The van der Waals surface area contributed by atoms with Gasteiger partial charge in [0.1, 0.15) is 11.9 Å². The van der Waals surface area contributed by atoms with Gasteiger partial charge in [-0.1, -0.05) is 18.2 Å². The highest BCUT2D eigenvalue weighted by molar-refractivity contribution is 5.38. The number of ether oxygens (including phenoxy) is 1. The zero-order valence-corrected chi connectivity index (χ0v) is 9.30. The minimum atomic E-state index is -0.0545. The van der Waals surface area contributed by atoms with E-state index in [1.54, 1.807) is 12.5 Å². The summed E-state index contributed by atoms with van der Waals surface area (Å²) in [6.07, 6.45) is 4.20. The summed E-state index contributed by atoms with van der Waals surface area (Å²) in [5, 5.41) is 0. The summed E-state index contributed by atoms with van der Waals surface area (Å²) in [5.74, 6) is 6.55. The Kier molecular flexibility index (Phi) is 2.59. The maximum Gasteiger partial charge on any atom is 0.124 e. The zero-order valence-electron chi connectivity index (χ0n) is 9.30. The Morgan fingerprint density at radius 2 is 2.18 bits per heavy atom. The molecule has 2 heterocycles. The van der Waals surface area contributed by atoms with Crippen LogP contribution < -0.4 is 16.0 Å². The third kappa shape index (κ3) is 1.81. The van der Waals surface area contributed by atoms with E-state index in [9.17, 15) is 0 Å². The molecule has 2 atom stereocenters. The fraction of sp³-hybridized carbons (Fsp3) is 0.231. The molecule has 2 unspecified atom stereocenters. The van der Waals surface area contributed by atoms with Crippen LogP contribution in [0.25, 0.3) is 0 Å². The smallest absolute Gasteiger partial charge is 0.124 e. The summed E-state index contributed by atoms with van der Waals surface area (Å²) in [4.78, 5) is 0. The van der Waals surface area contributed by atoms with Gasteiger partial charge in [-0.15, -0.1) is 0 Å². The van der Waals surface area contributed by atoms with Crippen LogP contribution in [-0.4, -0.2) is 6.10 Å². The van der Waals surface area contributed by atoms with E-state index in [4.69, 9.17) is 15.0 Å². The number of nitrogens with one attached hydrogen (secondary N) is 1. The lowest BCUT2D eigenvalue weighted by atomic mass is 10.0. The molecule has 0 saturated carbocycles. The fourth-order valence-corrected chi connectivity index (χ4v) is 2.26. The number of para-hydroxylation sites is 1. The Morgan fingerprint density at radius 1 is 1.29 bits per heavy atom. The first kappa shape index (κ1) is 10.4. The van der Waals surface area contributed by atoms with E-state index < -0.39 is 0 Å². The van der Waals surface area contributed by atoms with Crippen molar-refractivity contribution in [3.8, 4) is 5.75 Å². The minimum absolute atomic E-state index is 0.00926. The molecule has 17 heavy (non-hydrogen) atoms. The quantitative estimate of drug-likeness (QED) is 0.623. The molecule has 0 bridgehead atoms. The molecule has 0 fully saturated rings. The molecular weight excluding hydrogens is 216 g/mol. The number of fused-ring (bicyclic) bond motifs is 1. The van der Waals surface area contributed by atoms with E-state index in [0.29, 0.717) is 0 Å². The number of furan rings is 1. The average Bonchev–Trinajstić information content (AvgIpc) is 2.98. The summed E-state index contributed by atoms with van der Waals surface area (Å²) < 4.78 is 11.0. The molecule has 0 saturated heterocycles. The standard InChI is InChI=1S/C13H14N2O2/c14-15-13(10-5-6-16-8-10)12-7-9-3-1-2-4-11(9)17-12/h1-6,8,12-13,15H,7,14H2. The van der Waals surface area contributed by atoms with Crippen molar-refractivity contribution in [2.45, 2.75) is 18.6 Å². The molecule has 1 aliphatic rings. The molecule has 4 heteroatoms. The number of nitrogens with two attached hydrogens (primary N) is 1. The highest BCUT2D eigenvalue weighted by atomic mass is 16.5. The molecule has 1 aromatic heterocycles. The Hall–Kier alpha value is -1.78. The Balaban J connectivity index is 1.83. The molecule has 1 aliphatic heterocycles. The normalized spacial score (nSPS) is 19.7. The lowest BCUT2D eigenvalue weighted by Gasteiger charge is -2.21. The lowest BCUT2D eigenvalue weighted by molar-refractivity contribution is 0.178. The minimum Gasteiger partial charge on any atom is -0.488 e.